The van der Waals surface area contributed by atoms with E-state index in [1.165, 1.54) is 10.6 Å². The second-order valence-corrected chi connectivity index (χ2v) is 12.1. The first kappa shape index (κ1) is 28.5. The van der Waals surface area contributed by atoms with Gasteiger partial charge in [0.2, 0.25) is 10.0 Å². The molecule has 2 aliphatic rings. The highest BCUT2D eigenvalue weighted by Gasteiger charge is 2.41. The van der Waals surface area contributed by atoms with Crippen molar-refractivity contribution >= 4 is 50.6 Å². The number of methoxy groups -OCH3 is 1. The van der Waals surface area contributed by atoms with Gasteiger partial charge in [-0.05, 0) is 25.8 Å². The fraction of sp³-hybridized carbons (Fsp3) is 0.524. The van der Waals surface area contributed by atoms with E-state index < -0.39 is 27.0 Å². The van der Waals surface area contributed by atoms with Crippen LogP contribution in [-0.2, 0) is 19.6 Å². The zero-order chi connectivity index (χ0) is 27.7. The van der Waals surface area contributed by atoms with Crippen LogP contribution in [0.5, 0.6) is 0 Å². The van der Waals surface area contributed by atoms with Gasteiger partial charge in [-0.3, -0.25) is 9.20 Å². The molecule has 3 aromatic rings. The molecule has 0 radical (unpaired) electrons. The lowest BCUT2D eigenvalue weighted by Crippen LogP contribution is -2.52. The Labute approximate surface area is 226 Å². The number of sulfonamides is 1. The van der Waals surface area contributed by atoms with Crippen molar-refractivity contribution in [1.29, 1.82) is 0 Å². The van der Waals surface area contributed by atoms with Crippen LogP contribution in [0.1, 0.15) is 31.2 Å². The normalized spacial score (nSPS) is 18.9. The zero-order valence-corrected chi connectivity index (χ0v) is 22.8. The summed E-state index contributed by atoms with van der Waals surface area (Å²) in [6.07, 6.45) is 0.123. The summed E-state index contributed by atoms with van der Waals surface area (Å²) in [5, 5.41) is 17.4. The molecule has 12 nitrogen and oxygen atoms in total. The van der Waals surface area contributed by atoms with Crippen LogP contribution in [0.4, 0.5) is 14.5 Å². The van der Waals surface area contributed by atoms with Crippen molar-refractivity contribution < 1.29 is 31.8 Å². The molecule has 4 heterocycles. The van der Waals surface area contributed by atoms with Gasteiger partial charge >= 0.3 is 0 Å². The van der Waals surface area contributed by atoms with E-state index in [4.69, 9.17) is 26.2 Å². The van der Waals surface area contributed by atoms with Gasteiger partial charge in [-0.15, -0.1) is 10.2 Å². The number of nitrogens with zero attached hydrogens (tertiary/aromatic N) is 5. The Morgan fingerprint density at radius 1 is 1.42 bits per heavy atom. The number of imidazole rings is 1. The second-order valence-electron chi connectivity index (χ2n) is 9.08. The lowest BCUT2D eigenvalue weighted by atomic mass is 10.2. The molecule has 1 aliphatic carbocycles. The molecular weight excluding hydrogens is 568 g/mol. The van der Waals surface area contributed by atoms with Crippen LogP contribution in [0.2, 0.25) is 5.15 Å². The van der Waals surface area contributed by atoms with Gasteiger partial charge in [-0.25, -0.2) is 26.9 Å². The summed E-state index contributed by atoms with van der Waals surface area (Å²) in [5.41, 5.74) is 0.553. The molecule has 3 aromatic heterocycles. The van der Waals surface area contributed by atoms with Crippen molar-refractivity contribution in [1.82, 2.24) is 29.6 Å². The highest BCUT2D eigenvalue weighted by atomic mass is 35.5. The van der Waals surface area contributed by atoms with E-state index in [9.17, 15) is 17.2 Å². The number of hydrogen-bond acceptors (Lipinski definition) is 10. The number of rotatable bonds is 8. The highest BCUT2D eigenvalue weighted by molar-refractivity contribution is 7.89. The number of ether oxygens (including phenoxy) is 1. The number of fused-ring (bicyclic) bond motifs is 1. The molecule has 0 amide bonds. The predicted octanol–water partition coefficient (Wildman–Crippen LogP) is 2.40. The Kier molecular flexibility index (Phi) is 8.49. The van der Waals surface area contributed by atoms with Crippen LogP contribution in [0.25, 0.3) is 16.3 Å². The summed E-state index contributed by atoms with van der Waals surface area (Å²) in [6, 6.07) is 1.61. The molecule has 1 unspecified atom stereocenters. The molecule has 0 spiro atoms. The predicted molar refractivity (Wildman–Crippen MR) is 137 cm³/mol. The molecule has 2 fully saturated rings. The monoisotopic (exact) mass is 593 g/mol. The highest BCUT2D eigenvalue weighted by Crippen LogP contribution is 2.39. The van der Waals surface area contributed by atoms with Crippen molar-refractivity contribution in [3.05, 3.63) is 22.4 Å². The van der Waals surface area contributed by atoms with Crippen LogP contribution in [-0.4, -0.2) is 84.5 Å². The molecule has 1 atom stereocenters. The number of carbonyl (C=O) groups is 1. The minimum Gasteiger partial charge on any atom is -0.483 e. The van der Waals surface area contributed by atoms with E-state index in [0.29, 0.717) is 48.8 Å². The maximum atomic E-state index is 13.3. The molecule has 1 saturated heterocycles. The van der Waals surface area contributed by atoms with E-state index in [2.05, 4.69) is 25.2 Å². The first-order valence-corrected chi connectivity index (χ1v) is 14.1. The van der Waals surface area contributed by atoms with E-state index in [-0.39, 0.29) is 33.4 Å². The molecule has 3 N–H and O–H groups in total. The number of piperazine rings is 1. The summed E-state index contributed by atoms with van der Waals surface area (Å²) in [5.74, 6) is 0.147. The smallest absolute Gasteiger partial charge is 0.291 e. The van der Waals surface area contributed by atoms with Gasteiger partial charge in [0.05, 0.1) is 12.3 Å². The summed E-state index contributed by atoms with van der Waals surface area (Å²) < 4.78 is 62.5. The molecule has 38 heavy (non-hydrogen) atoms. The second kappa shape index (κ2) is 11.3. The lowest BCUT2D eigenvalue weighted by molar-refractivity contribution is -0.122. The molecule has 1 saturated carbocycles. The molecule has 1 aliphatic heterocycles. The Bertz CT molecular complexity index is 1410. The van der Waals surface area contributed by atoms with E-state index in [1.807, 2.05) is 11.8 Å². The average molecular weight is 594 g/mol. The van der Waals surface area contributed by atoms with Gasteiger partial charge in [0.15, 0.2) is 21.0 Å². The Morgan fingerprint density at radius 2 is 2.13 bits per heavy atom. The Hall–Kier alpha value is -2.50. The van der Waals surface area contributed by atoms with Crippen molar-refractivity contribution in [2.75, 3.05) is 38.3 Å². The zero-order valence-electron chi connectivity index (χ0n) is 20.4. The van der Waals surface area contributed by atoms with Crippen LogP contribution in [0.3, 0.4) is 0 Å². The van der Waals surface area contributed by atoms with E-state index >= 15 is 0 Å². The Balaban J connectivity index is 0.00000107. The summed E-state index contributed by atoms with van der Waals surface area (Å²) >= 11 is 7.23. The number of carboxylic acid groups (broad SMARTS) is 1. The van der Waals surface area contributed by atoms with Crippen molar-refractivity contribution in [2.24, 2.45) is 0 Å². The number of aromatic nitrogens is 4. The van der Waals surface area contributed by atoms with Crippen LogP contribution < -0.4 is 14.9 Å². The fourth-order valence-corrected chi connectivity index (χ4v) is 6.54. The van der Waals surface area contributed by atoms with Crippen LogP contribution in [0.15, 0.2) is 17.2 Å². The van der Waals surface area contributed by atoms with Gasteiger partial charge < -0.3 is 20.1 Å². The maximum absolute atomic E-state index is 13.3. The molecule has 17 heteroatoms. The molecular formula is C21H26ClF2N7O5S2. The van der Waals surface area contributed by atoms with Gasteiger partial charge in [-0.2, -0.15) is 0 Å². The third kappa shape index (κ3) is 6.05. The SMILES string of the molecule is COCC1CN(c2cc(S(=O)(=O)NC3(C)CC3)cn3c(-c4nnc(C(F)F)s4)nc(Cl)c23)CCN1.O=CO. The summed E-state index contributed by atoms with van der Waals surface area (Å²) in [6.45, 7) is 3.87. The number of halogens is 3. The number of anilines is 1. The number of pyridine rings is 1. The van der Waals surface area contributed by atoms with Gasteiger partial charge in [0.25, 0.3) is 12.9 Å². The molecule has 0 bridgehead atoms. The average Bonchev–Trinajstić information content (AvgIpc) is 3.25. The van der Waals surface area contributed by atoms with E-state index in [1.54, 1.807) is 13.2 Å². The number of hydrogen-bond donors (Lipinski definition) is 3. The van der Waals surface area contributed by atoms with Crippen LogP contribution in [0, 0.1) is 0 Å². The van der Waals surface area contributed by atoms with Crippen molar-refractivity contribution in [3.63, 3.8) is 0 Å². The summed E-state index contributed by atoms with van der Waals surface area (Å²) in [4.78, 5) is 14.8. The van der Waals surface area contributed by atoms with Crippen molar-refractivity contribution in [3.8, 4) is 10.8 Å². The quantitative estimate of drug-likeness (QED) is 0.332. The number of nitrogens with one attached hydrogen (secondary N) is 2. The van der Waals surface area contributed by atoms with Gasteiger partial charge in [-0.1, -0.05) is 22.9 Å². The van der Waals surface area contributed by atoms with Gasteiger partial charge in [0.1, 0.15) is 10.4 Å². The molecule has 208 valence electrons. The van der Waals surface area contributed by atoms with Gasteiger partial charge in [0, 0.05) is 44.5 Å². The Morgan fingerprint density at radius 3 is 2.74 bits per heavy atom. The summed E-state index contributed by atoms with van der Waals surface area (Å²) in [7, 11) is -2.27. The van der Waals surface area contributed by atoms with E-state index in [0.717, 1.165) is 12.8 Å². The first-order chi connectivity index (χ1) is 18.0. The fourth-order valence-electron chi connectivity index (χ4n) is 4.11. The van der Waals surface area contributed by atoms with Crippen molar-refractivity contribution in [2.45, 2.75) is 42.7 Å². The third-order valence-electron chi connectivity index (χ3n) is 6.12. The third-order valence-corrected chi connectivity index (χ3v) is 8.92. The topological polar surface area (TPSA) is 151 Å². The lowest BCUT2D eigenvalue weighted by Gasteiger charge is -2.35. The largest absolute Gasteiger partial charge is 0.483 e. The van der Waals surface area contributed by atoms with Crippen LogP contribution >= 0.6 is 22.9 Å². The number of alkyl halides is 2. The maximum Gasteiger partial charge on any atom is 0.291 e. The minimum absolute atomic E-state index is 0.0175. The standard InChI is InChI=1S/C20H24ClF2N7O3S2.CH2O2/c1-20(3-4-20)28-35(31,32)12-7-13(29-6-5-24-11(8-29)10-33-2)14-15(21)25-17(30(14)9-12)19-27-26-18(34-19)16(22)23;2-1-3/h7,9,11,16,24,28H,3-6,8,10H2,1-2H3;1H,(H,2,3). The minimum atomic E-state index is -3.89. The molecule has 0 aromatic carbocycles. The molecule has 5 rings (SSSR count). The first-order valence-electron chi connectivity index (χ1n) is 11.4.